The molecule has 0 radical (unpaired) electrons. The lowest BCUT2D eigenvalue weighted by molar-refractivity contribution is 0.0141. The van der Waals surface area contributed by atoms with E-state index < -0.39 is 5.60 Å². The first-order chi connectivity index (χ1) is 13.3. The molecule has 5 nitrogen and oxygen atoms in total. The summed E-state index contributed by atoms with van der Waals surface area (Å²) in [7, 11) is 3.25. The van der Waals surface area contributed by atoms with E-state index >= 15 is 0 Å². The molecule has 1 heterocycles. The molecule has 0 aliphatic carbocycles. The van der Waals surface area contributed by atoms with Gasteiger partial charge in [0.05, 0.1) is 20.3 Å². The van der Waals surface area contributed by atoms with Crippen LogP contribution in [0.4, 0.5) is 4.79 Å². The average molecular weight is 383 g/mol. The number of benzene rings is 2. The number of fused-ring (bicyclic) bond motifs is 1. The lowest BCUT2D eigenvalue weighted by atomic mass is 9.89. The van der Waals surface area contributed by atoms with E-state index in [4.69, 9.17) is 14.2 Å². The third kappa shape index (κ3) is 4.41. The average Bonchev–Trinajstić information content (AvgIpc) is 2.66. The Bertz CT molecular complexity index is 841. The summed E-state index contributed by atoms with van der Waals surface area (Å²) in [5.41, 5.74) is 3.01. The van der Waals surface area contributed by atoms with Crippen molar-refractivity contribution in [3.8, 4) is 11.5 Å². The standard InChI is InChI=1S/C23H29NO4/c1-23(2,3)28-22(25)24-13-12-17-8-6-7-9-18(17)19(24)14-16-10-11-20(26-4)21(15-16)27-5/h6-11,15,19H,12-14H2,1-5H3/t19-/m0/s1. The van der Waals surface area contributed by atoms with Crippen LogP contribution in [0.25, 0.3) is 0 Å². The minimum atomic E-state index is -0.526. The van der Waals surface area contributed by atoms with Crippen molar-refractivity contribution in [2.75, 3.05) is 20.8 Å². The highest BCUT2D eigenvalue weighted by Gasteiger charge is 2.33. The third-order valence-electron chi connectivity index (χ3n) is 4.92. The summed E-state index contributed by atoms with van der Waals surface area (Å²) in [4.78, 5) is 14.8. The first kappa shape index (κ1) is 20.1. The van der Waals surface area contributed by atoms with Crippen LogP contribution in [0.15, 0.2) is 42.5 Å². The predicted octanol–water partition coefficient (Wildman–Crippen LogP) is 4.78. The van der Waals surface area contributed by atoms with Crippen LogP contribution in [-0.4, -0.2) is 37.4 Å². The molecule has 150 valence electrons. The van der Waals surface area contributed by atoms with Gasteiger partial charge in [-0.05, 0) is 62.4 Å². The Labute approximate surface area is 167 Å². The SMILES string of the molecule is COc1ccc(C[C@H]2c3ccccc3CCN2C(=O)OC(C)(C)C)cc1OC. The zero-order valence-corrected chi connectivity index (χ0v) is 17.3. The van der Waals surface area contributed by atoms with Crippen molar-refractivity contribution in [2.24, 2.45) is 0 Å². The summed E-state index contributed by atoms with van der Waals surface area (Å²) in [6.07, 6.45) is 1.24. The summed E-state index contributed by atoms with van der Waals surface area (Å²) in [6, 6.07) is 14.1. The van der Waals surface area contributed by atoms with E-state index in [1.54, 1.807) is 14.2 Å². The Morgan fingerprint density at radius 3 is 2.46 bits per heavy atom. The van der Waals surface area contributed by atoms with Crippen LogP contribution in [0.5, 0.6) is 11.5 Å². The van der Waals surface area contributed by atoms with Crippen molar-refractivity contribution in [2.45, 2.75) is 45.3 Å². The number of amides is 1. The summed E-state index contributed by atoms with van der Waals surface area (Å²) in [5.74, 6) is 1.38. The van der Waals surface area contributed by atoms with Gasteiger partial charge < -0.3 is 19.1 Å². The van der Waals surface area contributed by atoms with Gasteiger partial charge in [0.15, 0.2) is 11.5 Å². The molecule has 2 aromatic carbocycles. The Hall–Kier alpha value is -2.69. The maximum atomic E-state index is 12.9. The summed E-state index contributed by atoms with van der Waals surface area (Å²) in [5, 5.41) is 0. The molecule has 0 N–H and O–H groups in total. The van der Waals surface area contributed by atoms with E-state index in [9.17, 15) is 4.79 Å². The van der Waals surface area contributed by atoms with Gasteiger partial charge in [-0.3, -0.25) is 0 Å². The number of hydrogen-bond donors (Lipinski definition) is 0. The van der Waals surface area contributed by atoms with Crippen molar-refractivity contribution in [3.63, 3.8) is 0 Å². The van der Waals surface area contributed by atoms with Gasteiger partial charge in [0.25, 0.3) is 0 Å². The highest BCUT2D eigenvalue weighted by atomic mass is 16.6. The predicted molar refractivity (Wildman–Crippen MR) is 109 cm³/mol. The summed E-state index contributed by atoms with van der Waals surface area (Å²) in [6.45, 7) is 6.33. The van der Waals surface area contributed by atoms with Gasteiger partial charge in [-0.2, -0.15) is 0 Å². The van der Waals surface area contributed by atoms with E-state index in [2.05, 4.69) is 18.2 Å². The smallest absolute Gasteiger partial charge is 0.410 e. The number of nitrogens with zero attached hydrogens (tertiary/aromatic N) is 1. The fourth-order valence-corrected chi connectivity index (χ4v) is 3.64. The topological polar surface area (TPSA) is 48.0 Å². The molecule has 0 aromatic heterocycles. The van der Waals surface area contributed by atoms with Gasteiger partial charge >= 0.3 is 6.09 Å². The molecule has 0 saturated carbocycles. The molecular formula is C23H29NO4. The molecule has 1 atom stereocenters. The van der Waals surface area contributed by atoms with Gasteiger partial charge in [0.1, 0.15) is 5.60 Å². The molecule has 1 aliphatic rings. The molecule has 0 spiro atoms. The number of ether oxygens (including phenoxy) is 3. The van der Waals surface area contributed by atoms with Crippen LogP contribution in [0.2, 0.25) is 0 Å². The van der Waals surface area contributed by atoms with E-state index in [1.807, 2.05) is 49.9 Å². The molecular weight excluding hydrogens is 354 g/mol. The van der Waals surface area contributed by atoms with Gasteiger partial charge in [-0.25, -0.2) is 4.79 Å². The van der Waals surface area contributed by atoms with Crippen LogP contribution in [0.3, 0.4) is 0 Å². The third-order valence-corrected chi connectivity index (χ3v) is 4.92. The van der Waals surface area contributed by atoms with Gasteiger partial charge in [0.2, 0.25) is 0 Å². The number of rotatable bonds is 4. The molecule has 28 heavy (non-hydrogen) atoms. The van der Waals surface area contributed by atoms with Gasteiger partial charge in [-0.15, -0.1) is 0 Å². The molecule has 5 heteroatoms. The van der Waals surface area contributed by atoms with E-state index in [1.165, 1.54) is 11.1 Å². The van der Waals surface area contributed by atoms with Crippen molar-refractivity contribution < 1.29 is 19.0 Å². The minimum absolute atomic E-state index is 0.0853. The van der Waals surface area contributed by atoms with Crippen molar-refractivity contribution in [3.05, 3.63) is 59.2 Å². The molecule has 1 amide bonds. The largest absolute Gasteiger partial charge is 0.493 e. The molecule has 0 unspecified atom stereocenters. The Balaban J connectivity index is 1.94. The number of carbonyl (C=O) groups is 1. The monoisotopic (exact) mass is 383 g/mol. The van der Waals surface area contributed by atoms with E-state index in [0.717, 1.165) is 12.0 Å². The molecule has 3 rings (SSSR count). The second-order valence-electron chi connectivity index (χ2n) is 8.03. The number of hydrogen-bond acceptors (Lipinski definition) is 4. The Kier molecular flexibility index (Phi) is 5.82. The molecule has 0 bridgehead atoms. The fourth-order valence-electron chi connectivity index (χ4n) is 3.64. The molecule has 0 saturated heterocycles. The quantitative estimate of drug-likeness (QED) is 0.762. The lowest BCUT2D eigenvalue weighted by Crippen LogP contribution is -2.43. The van der Waals surface area contributed by atoms with Crippen molar-refractivity contribution in [1.82, 2.24) is 4.90 Å². The van der Waals surface area contributed by atoms with Crippen LogP contribution < -0.4 is 9.47 Å². The van der Waals surface area contributed by atoms with Crippen LogP contribution in [0.1, 0.15) is 43.5 Å². The highest BCUT2D eigenvalue weighted by Crippen LogP contribution is 2.35. The van der Waals surface area contributed by atoms with Gasteiger partial charge in [-0.1, -0.05) is 30.3 Å². The van der Waals surface area contributed by atoms with E-state index in [-0.39, 0.29) is 12.1 Å². The zero-order valence-electron chi connectivity index (χ0n) is 17.3. The summed E-state index contributed by atoms with van der Waals surface area (Å²) < 4.78 is 16.5. The summed E-state index contributed by atoms with van der Waals surface area (Å²) >= 11 is 0. The van der Waals surface area contributed by atoms with Crippen molar-refractivity contribution in [1.29, 1.82) is 0 Å². The fraction of sp³-hybridized carbons (Fsp3) is 0.435. The van der Waals surface area contributed by atoms with Crippen LogP contribution in [-0.2, 0) is 17.6 Å². The van der Waals surface area contributed by atoms with Crippen LogP contribution in [0, 0.1) is 0 Å². The first-order valence-electron chi connectivity index (χ1n) is 9.60. The van der Waals surface area contributed by atoms with E-state index in [0.29, 0.717) is 24.5 Å². The normalized spacial score (nSPS) is 16.3. The Morgan fingerprint density at radius 2 is 1.79 bits per heavy atom. The zero-order chi connectivity index (χ0) is 20.3. The molecule has 0 fully saturated rings. The maximum absolute atomic E-state index is 12.9. The second-order valence-corrected chi connectivity index (χ2v) is 8.03. The lowest BCUT2D eigenvalue weighted by Gasteiger charge is -2.38. The van der Waals surface area contributed by atoms with Crippen molar-refractivity contribution >= 4 is 6.09 Å². The Morgan fingerprint density at radius 1 is 1.07 bits per heavy atom. The maximum Gasteiger partial charge on any atom is 0.410 e. The number of carbonyl (C=O) groups excluding carboxylic acids is 1. The van der Waals surface area contributed by atoms with Gasteiger partial charge in [0, 0.05) is 6.54 Å². The first-order valence-corrected chi connectivity index (χ1v) is 9.60. The minimum Gasteiger partial charge on any atom is -0.493 e. The molecule has 2 aromatic rings. The molecule has 1 aliphatic heterocycles. The number of methoxy groups -OCH3 is 2. The highest BCUT2D eigenvalue weighted by molar-refractivity contribution is 5.69. The second kappa shape index (κ2) is 8.13. The van der Waals surface area contributed by atoms with Crippen LogP contribution >= 0.6 is 0 Å².